The molecule has 1 aromatic heterocycles. The third-order valence-corrected chi connectivity index (χ3v) is 2.19. The third-order valence-electron chi connectivity index (χ3n) is 1.31. The summed E-state index contributed by atoms with van der Waals surface area (Å²) in [5.74, 6) is -0.611. The van der Waals surface area contributed by atoms with E-state index in [0.717, 1.165) is 0 Å². The molecule has 1 rings (SSSR count). The van der Waals surface area contributed by atoms with Crippen LogP contribution in [-0.4, -0.2) is 22.1 Å². The van der Waals surface area contributed by atoms with Gasteiger partial charge >= 0.3 is 6.18 Å². The minimum atomic E-state index is -4.55. The number of amides is 1. The van der Waals surface area contributed by atoms with Gasteiger partial charge in [0.05, 0.1) is 6.04 Å². The molecule has 9 heteroatoms. The fraction of sp³-hybridized carbons (Fsp3) is 0.500. The minimum absolute atomic E-state index is 0.218. The number of aromatic nitrogens is 2. The highest BCUT2D eigenvalue weighted by Gasteiger charge is 2.35. The first kappa shape index (κ1) is 11.9. The zero-order chi connectivity index (χ0) is 11.6. The minimum Gasteiger partial charge on any atom is -0.320 e. The van der Waals surface area contributed by atoms with E-state index in [1.54, 1.807) is 0 Å². The van der Waals surface area contributed by atoms with Crippen molar-refractivity contribution in [2.45, 2.75) is 19.1 Å². The van der Waals surface area contributed by atoms with Gasteiger partial charge in [-0.05, 0) is 6.92 Å². The SMILES string of the molecule is C[C@@H](N)C(=O)Nc1nnc(C(F)(F)F)s1. The lowest BCUT2D eigenvalue weighted by molar-refractivity contribution is -0.138. The molecule has 0 unspecified atom stereocenters. The number of halogens is 3. The molecule has 1 atom stereocenters. The molecule has 0 aliphatic heterocycles. The van der Waals surface area contributed by atoms with Crippen LogP contribution in [0.4, 0.5) is 18.3 Å². The molecule has 1 aromatic rings. The summed E-state index contributed by atoms with van der Waals surface area (Å²) in [6.45, 7) is 1.40. The molecule has 84 valence electrons. The van der Waals surface area contributed by atoms with Crippen LogP contribution in [-0.2, 0) is 11.0 Å². The second-order valence-electron chi connectivity index (χ2n) is 2.69. The van der Waals surface area contributed by atoms with Gasteiger partial charge in [0.1, 0.15) is 0 Å². The van der Waals surface area contributed by atoms with Crippen LogP contribution in [0, 0.1) is 0 Å². The van der Waals surface area contributed by atoms with Gasteiger partial charge < -0.3 is 5.73 Å². The zero-order valence-corrected chi connectivity index (χ0v) is 8.32. The van der Waals surface area contributed by atoms with Crippen molar-refractivity contribution >= 4 is 22.4 Å². The van der Waals surface area contributed by atoms with Crippen LogP contribution in [0.1, 0.15) is 11.9 Å². The third kappa shape index (κ3) is 3.13. The first-order chi connectivity index (χ1) is 6.80. The number of carbonyl (C=O) groups is 1. The van der Waals surface area contributed by atoms with Crippen molar-refractivity contribution in [3.8, 4) is 0 Å². The summed E-state index contributed by atoms with van der Waals surface area (Å²) >= 11 is 0.251. The maximum Gasteiger partial charge on any atom is 0.445 e. The molecular weight excluding hydrogens is 233 g/mol. The molecule has 0 aromatic carbocycles. The van der Waals surface area contributed by atoms with Crippen LogP contribution in [0.2, 0.25) is 0 Å². The van der Waals surface area contributed by atoms with Crippen molar-refractivity contribution in [2.75, 3.05) is 5.32 Å². The lowest BCUT2D eigenvalue weighted by Crippen LogP contribution is -2.32. The van der Waals surface area contributed by atoms with E-state index in [4.69, 9.17) is 5.73 Å². The molecule has 0 spiro atoms. The number of alkyl halides is 3. The van der Waals surface area contributed by atoms with Crippen LogP contribution in [0.25, 0.3) is 0 Å². The van der Waals surface area contributed by atoms with Crippen molar-refractivity contribution in [3.63, 3.8) is 0 Å². The van der Waals surface area contributed by atoms with Crippen LogP contribution in [0.5, 0.6) is 0 Å². The number of hydrogen-bond acceptors (Lipinski definition) is 5. The Morgan fingerprint density at radius 3 is 2.53 bits per heavy atom. The number of rotatable bonds is 2. The summed E-state index contributed by atoms with van der Waals surface area (Å²) in [7, 11) is 0. The maximum absolute atomic E-state index is 12.1. The highest BCUT2D eigenvalue weighted by Crippen LogP contribution is 2.32. The van der Waals surface area contributed by atoms with Crippen molar-refractivity contribution in [1.82, 2.24) is 10.2 Å². The summed E-state index contributed by atoms with van der Waals surface area (Å²) in [6, 6.07) is -0.816. The predicted octanol–water partition coefficient (Wildman–Crippen LogP) is 0.843. The summed E-state index contributed by atoms with van der Waals surface area (Å²) in [4.78, 5) is 11.0. The van der Waals surface area contributed by atoms with E-state index < -0.39 is 23.1 Å². The Morgan fingerprint density at radius 1 is 1.53 bits per heavy atom. The number of hydrogen-bond donors (Lipinski definition) is 2. The quantitative estimate of drug-likeness (QED) is 0.802. The standard InChI is InChI=1S/C6H7F3N4OS/c1-2(10)3(14)11-5-13-12-4(15-5)6(7,8)9/h2H,10H2,1H3,(H,11,13,14)/t2-/m1/s1. The zero-order valence-electron chi connectivity index (χ0n) is 7.50. The topological polar surface area (TPSA) is 80.9 Å². The Hall–Kier alpha value is -1.22. The van der Waals surface area contributed by atoms with Crippen molar-refractivity contribution in [1.29, 1.82) is 0 Å². The molecule has 15 heavy (non-hydrogen) atoms. The summed E-state index contributed by atoms with van der Waals surface area (Å²) in [6.07, 6.45) is -4.55. The lowest BCUT2D eigenvalue weighted by atomic mass is 10.3. The highest BCUT2D eigenvalue weighted by atomic mass is 32.1. The van der Waals surface area contributed by atoms with Crippen molar-refractivity contribution in [3.05, 3.63) is 5.01 Å². The number of nitrogens with zero attached hydrogens (tertiary/aromatic N) is 2. The van der Waals surface area contributed by atoms with E-state index in [1.165, 1.54) is 6.92 Å². The maximum atomic E-state index is 12.1. The predicted molar refractivity (Wildman–Crippen MR) is 47.2 cm³/mol. The van der Waals surface area contributed by atoms with Gasteiger partial charge in [-0.15, -0.1) is 10.2 Å². The molecule has 0 aliphatic carbocycles. The Morgan fingerprint density at radius 2 is 2.13 bits per heavy atom. The number of nitrogens with two attached hydrogens (primary N) is 1. The van der Waals surface area contributed by atoms with Gasteiger partial charge in [0.2, 0.25) is 16.0 Å². The fourth-order valence-electron chi connectivity index (χ4n) is 0.608. The number of anilines is 1. The van der Waals surface area contributed by atoms with E-state index in [-0.39, 0.29) is 16.5 Å². The smallest absolute Gasteiger partial charge is 0.320 e. The molecule has 0 saturated heterocycles. The van der Waals surface area contributed by atoms with Gasteiger partial charge in [-0.25, -0.2) is 0 Å². The van der Waals surface area contributed by atoms with E-state index in [2.05, 4.69) is 15.5 Å². The molecule has 1 amide bonds. The molecule has 5 nitrogen and oxygen atoms in total. The Bertz CT molecular complexity index is 362. The average molecular weight is 240 g/mol. The van der Waals surface area contributed by atoms with E-state index in [0.29, 0.717) is 0 Å². The Balaban J connectivity index is 2.73. The van der Waals surface area contributed by atoms with E-state index in [9.17, 15) is 18.0 Å². The normalized spacial score (nSPS) is 13.7. The van der Waals surface area contributed by atoms with Crippen LogP contribution < -0.4 is 11.1 Å². The largest absolute Gasteiger partial charge is 0.445 e. The van der Waals surface area contributed by atoms with Crippen molar-refractivity contribution < 1.29 is 18.0 Å². The van der Waals surface area contributed by atoms with E-state index >= 15 is 0 Å². The van der Waals surface area contributed by atoms with Crippen LogP contribution >= 0.6 is 11.3 Å². The van der Waals surface area contributed by atoms with Gasteiger partial charge in [-0.3, -0.25) is 10.1 Å². The Labute approximate surface area is 86.5 Å². The molecule has 0 aliphatic rings. The first-order valence-electron chi connectivity index (χ1n) is 3.78. The summed E-state index contributed by atoms with van der Waals surface area (Å²) < 4.78 is 36.2. The van der Waals surface area contributed by atoms with Crippen LogP contribution in [0.15, 0.2) is 0 Å². The molecule has 0 fully saturated rings. The monoisotopic (exact) mass is 240 g/mol. The van der Waals surface area contributed by atoms with Gasteiger partial charge in [0.15, 0.2) is 0 Å². The van der Waals surface area contributed by atoms with E-state index in [1.807, 2.05) is 0 Å². The number of carbonyl (C=O) groups excluding carboxylic acids is 1. The lowest BCUT2D eigenvalue weighted by Gasteiger charge is -2.02. The fourth-order valence-corrected chi connectivity index (χ4v) is 1.22. The van der Waals surface area contributed by atoms with Crippen LogP contribution in [0.3, 0.4) is 0 Å². The molecular formula is C6H7F3N4OS. The van der Waals surface area contributed by atoms with Crippen molar-refractivity contribution in [2.24, 2.45) is 5.73 Å². The average Bonchev–Trinajstić information content (AvgIpc) is 2.51. The van der Waals surface area contributed by atoms with Gasteiger partial charge in [-0.1, -0.05) is 11.3 Å². The van der Waals surface area contributed by atoms with Gasteiger partial charge in [-0.2, -0.15) is 13.2 Å². The summed E-state index contributed by atoms with van der Waals surface area (Å²) in [5, 5.41) is 6.84. The molecule has 0 radical (unpaired) electrons. The Kier molecular flexibility index (Phi) is 3.25. The molecule has 0 bridgehead atoms. The summed E-state index contributed by atoms with van der Waals surface area (Å²) in [5.41, 5.74) is 5.20. The molecule has 3 N–H and O–H groups in total. The molecule has 1 heterocycles. The molecule has 0 saturated carbocycles. The highest BCUT2D eigenvalue weighted by molar-refractivity contribution is 7.15. The second kappa shape index (κ2) is 4.11. The number of nitrogens with one attached hydrogen (secondary N) is 1. The van der Waals surface area contributed by atoms with Gasteiger partial charge in [0, 0.05) is 0 Å². The van der Waals surface area contributed by atoms with Gasteiger partial charge in [0.25, 0.3) is 0 Å². The second-order valence-corrected chi connectivity index (χ2v) is 3.67. The first-order valence-corrected chi connectivity index (χ1v) is 4.59.